The summed E-state index contributed by atoms with van der Waals surface area (Å²) in [4.78, 5) is 11.7. The fourth-order valence-electron chi connectivity index (χ4n) is 3.18. The molecule has 0 aliphatic carbocycles. The summed E-state index contributed by atoms with van der Waals surface area (Å²) in [5.41, 5.74) is 1.32. The molecule has 3 rings (SSSR count). The van der Waals surface area contributed by atoms with Crippen molar-refractivity contribution in [3.8, 4) is 0 Å². The van der Waals surface area contributed by atoms with Crippen molar-refractivity contribution in [2.24, 2.45) is 0 Å². The van der Waals surface area contributed by atoms with Crippen LogP contribution in [0.4, 0.5) is 5.69 Å². The van der Waals surface area contributed by atoms with Crippen LogP contribution in [0.5, 0.6) is 0 Å². The van der Waals surface area contributed by atoms with E-state index in [1.165, 1.54) is 11.4 Å². The van der Waals surface area contributed by atoms with Gasteiger partial charge >= 0.3 is 16.2 Å². The third-order valence-corrected chi connectivity index (χ3v) is 6.47. The SMILES string of the molecule is COC1CN(S(=O)(=O)N2c3ccccc3[C@@H](C)C[C@H]2C(=O)O)C1. The number of nitrogens with zero attached hydrogens (tertiary/aromatic N) is 2. The molecule has 126 valence electrons. The number of para-hydroxylation sites is 1. The van der Waals surface area contributed by atoms with Crippen molar-refractivity contribution < 1.29 is 23.1 Å². The number of ether oxygens (including phenoxy) is 1. The first-order chi connectivity index (χ1) is 10.9. The Hall–Kier alpha value is -1.64. The van der Waals surface area contributed by atoms with Crippen molar-refractivity contribution in [3.05, 3.63) is 29.8 Å². The van der Waals surface area contributed by atoms with Gasteiger partial charge in [-0.05, 0) is 24.0 Å². The van der Waals surface area contributed by atoms with Crippen LogP contribution in [0.2, 0.25) is 0 Å². The van der Waals surface area contributed by atoms with E-state index in [4.69, 9.17) is 4.74 Å². The van der Waals surface area contributed by atoms with Gasteiger partial charge in [-0.15, -0.1) is 0 Å². The van der Waals surface area contributed by atoms with Crippen molar-refractivity contribution in [3.63, 3.8) is 0 Å². The summed E-state index contributed by atoms with van der Waals surface area (Å²) in [5.74, 6) is -1.14. The highest BCUT2D eigenvalue weighted by molar-refractivity contribution is 7.90. The van der Waals surface area contributed by atoms with Crippen LogP contribution in [0.25, 0.3) is 0 Å². The van der Waals surface area contributed by atoms with Gasteiger partial charge in [-0.2, -0.15) is 12.7 Å². The summed E-state index contributed by atoms with van der Waals surface area (Å²) in [6.45, 7) is 2.42. The normalized spacial score (nSPS) is 25.7. The molecular weight excluding hydrogens is 320 g/mol. The minimum absolute atomic E-state index is 0.0122. The van der Waals surface area contributed by atoms with Gasteiger partial charge < -0.3 is 9.84 Å². The number of fused-ring (bicyclic) bond motifs is 1. The molecule has 0 spiro atoms. The standard InChI is InChI=1S/C15H20N2O5S/c1-10-7-14(15(18)19)17(13-6-4-3-5-12(10)13)23(20,21)16-8-11(9-16)22-2/h3-6,10-11,14H,7-9H2,1-2H3,(H,18,19)/t10-,14-/m0/s1. The molecule has 8 heteroatoms. The van der Waals surface area contributed by atoms with Crippen LogP contribution in [-0.4, -0.2) is 56.1 Å². The number of rotatable bonds is 4. The molecule has 0 aromatic heterocycles. The van der Waals surface area contributed by atoms with Gasteiger partial charge in [0.2, 0.25) is 0 Å². The predicted molar refractivity (Wildman–Crippen MR) is 84.7 cm³/mol. The van der Waals surface area contributed by atoms with Crippen LogP contribution in [0.3, 0.4) is 0 Å². The summed E-state index contributed by atoms with van der Waals surface area (Å²) in [7, 11) is -2.36. The zero-order valence-electron chi connectivity index (χ0n) is 13.0. The first-order valence-corrected chi connectivity index (χ1v) is 8.90. The largest absolute Gasteiger partial charge is 0.480 e. The highest BCUT2D eigenvalue weighted by Gasteiger charge is 2.47. The van der Waals surface area contributed by atoms with E-state index in [-0.39, 0.29) is 31.5 Å². The molecule has 1 saturated heterocycles. The van der Waals surface area contributed by atoms with Crippen LogP contribution >= 0.6 is 0 Å². The van der Waals surface area contributed by atoms with Crippen molar-refractivity contribution in [1.29, 1.82) is 0 Å². The highest BCUT2D eigenvalue weighted by atomic mass is 32.2. The minimum atomic E-state index is -3.89. The van der Waals surface area contributed by atoms with E-state index in [1.54, 1.807) is 12.1 Å². The molecule has 0 radical (unpaired) electrons. The Kier molecular flexibility index (Phi) is 4.07. The van der Waals surface area contributed by atoms with Gasteiger partial charge in [0.05, 0.1) is 11.8 Å². The second-order valence-corrected chi connectivity index (χ2v) is 7.83. The third-order valence-electron chi connectivity index (χ3n) is 4.57. The maximum Gasteiger partial charge on any atom is 0.327 e. The van der Waals surface area contributed by atoms with E-state index in [2.05, 4.69) is 0 Å². The number of hydrogen-bond acceptors (Lipinski definition) is 4. The maximum atomic E-state index is 12.9. The zero-order valence-corrected chi connectivity index (χ0v) is 13.9. The monoisotopic (exact) mass is 340 g/mol. The predicted octanol–water partition coefficient (Wildman–Crippen LogP) is 1.03. The second kappa shape index (κ2) is 5.77. The summed E-state index contributed by atoms with van der Waals surface area (Å²) >= 11 is 0. The third kappa shape index (κ3) is 2.60. The lowest BCUT2D eigenvalue weighted by Crippen LogP contribution is -2.62. The number of hydrogen-bond donors (Lipinski definition) is 1. The molecule has 0 saturated carbocycles. The van der Waals surface area contributed by atoms with Gasteiger partial charge in [0.15, 0.2) is 0 Å². The van der Waals surface area contributed by atoms with Crippen LogP contribution < -0.4 is 4.31 Å². The lowest BCUT2D eigenvalue weighted by molar-refractivity contribution is -0.138. The Morgan fingerprint density at radius 2 is 1.96 bits per heavy atom. The van der Waals surface area contributed by atoms with Crippen LogP contribution in [0.1, 0.15) is 24.8 Å². The summed E-state index contributed by atoms with van der Waals surface area (Å²) in [6.07, 6.45) is 0.125. The van der Waals surface area contributed by atoms with Gasteiger partial charge in [0, 0.05) is 20.2 Å². The fourth-order valence-corrected chi connectivity index (χ4v) is 5.05. The van der Waals surface area contributed by atoms with E-state index in [1.807, 2.05) is 19.1 Å². The van der Waals surface area contributed by atoms with Gasteiger partial charge in [0.1, 0.15) is 6.04 Å². The Morgan fingerprint density at radius 3 is 2.57 bits per heavy atom. The zero-order chi connectivity index (χ0) is 16.8. The first kappa shape index (κ1) is 16.2. The van der Waals surface area contributed by atoms with Crippen molar-refractivity contribution >= 4 is 21.9 Å². The van der Waals surface area contributed by atoms with Gasteiger partial charge in [-0.25, -0.2) is 9.10 Å². The molecule has 0 amide bonds. The Balaban J connectivity index is 2.03. The Bertz CT molecular complexity index is 714. The van der Waals surface area contributed by atoms with Gasteiger partial charge in [-0.1, -0.05) is 25.1 Å². The molecule has 2 heterocycles. The lowest BCUT2D eigenvalue weighted by Gasteiger charge is -2.44. The van der Waals surface area contributed by atoms with E-state index in [9.17, 15) is 18.3 Å². The molecule has 2 aliphatic heterocycles. The molecule has 1 aromatic carbocycles. The van der Waals surface area contributed by atoms with E-state index in [0.717, 1.165) is 9.87 Å². The molecule has 1 fully saturated rings. The van der Waals surface area contributed by atoms with Crippen molar-refractivity contribution in [2.75, 3.05) is 24.5 Å². The molecule has 2 aliphatic rings. The lowest BCUT2D eigenvalue weighted by atomic mass is 9.88. The van der Waals surface area contributed by atoms with Crippen LogP contribution in [0, 0.1) is 0 Å². The molecule has 2 atom stereocenters. The molecule has 7 nitrogen and oxygen atoms in total. The van der Waals surface area contributed by atoms with E-state index < -0.39 is 22.2 Å². The number of carbonyl (C=O) groups is 1. The molecule has 0 unspecified atom stereocenters. The minimum Gasteiger partial charge on any atom is -0.480 e. The topological polar surface area (TPSA) is 87.2 Å². The first-order valence-electron chi connectivity index (χ1n) is 7.50. The number of carboxylic acid groups (broad SMARTS) is 1. The second-order valence-electron chi connectivity index (χ2n) is 6.03. The van der Waals surface area contributed by atoms with Crippen molar-refractivity contribution in [2.45, 2.75) is 31.4 Å². The van der Waals surface area contributed by atoms with Crippen LogP contribution in [0.15, 0.2) is 24.3 Å². The molecule has 1 aromatic rings. The number of anilines is 1. The van der Waals surface area contributed by atoms with Gasteiger partial charge in [-0.3, -0.25) is 0 Å². The van der Waals surface area contributed by atoms with Crippen LogP contribution in [-0.2, 0) is 19.7 Å². The molecular formula is C15H20N2O5S. The average Bonchev–Trinajstić information content (AvgIpc) is 2.45. The molecule has 23 heavy (non-hydrogen) atoms. The summed E-state index contributed by atoms with van der Waals surface area (Å²) in [6, 6.07) is 6.00. The quantitative estimate of drug-likeness (QED) is 0.884. The maximum absolute atomic E-state index is 12.9. The summed E-state index contributed by atoms with van der Waals surface area (Å²) in [5, 5.41) is 9.54. The van der Waals surface area contributed by atoms with Crippen molar-refractivity contribution in [1.82, 2.24) is 4.31 Å². The summed E-state index contributed by atoms with van der Waals surface area (Å²) < 4.78 is 33.3. The number of aliphatic carboxylic acids is 1. The smallest absolute Gasteiger partial charge is 0.327 e. The number of methoxy groups -OCH3 is 1. The Morgan fingerprint density at radius 1 is 1.30 bits per heavy atom. The van der Waals surface area contributed by atoms with E-state index >= 15 is 0 Å². The van der Waals surface area contributed by atoms with E-state index in [0.29, 0.717) is 5.69 Å². The van der Waals surface area contributed by atoms with Gasteiger partial charge in [0.25, 0.3) is 0 Å². The average molecular weight is 340 g/mol. The highest BCUT2D eigenvalue weighted by Crippen LogP contribution is 2.41. The molecule has 1 N–H and O–H groups in total. The number of carboxylic acids is 1. The fraction of sp³-hybridized carbons (Fsp3) is 0.533. The number of benzene rings is 1. The molecule has 0 bridgehead atoms. The Labute approximate surface area is 135 Å².